The summed E-state index contributed by atoms with van der Waals surface area (Å²) in [5.74, 6) is -0.0302. The Morgan fingerprint density at radius 1 is 1.41 bits per heavy atom. The summed E-state index contributed by atoms with van der Waals surface area (Å²) in [5.41, 5.74) is -0.160. The number of aromatic nitrogens is 2. The Morgan fingerprint density at radius 2 is 2.14 bits per heavy atom. The monoisotopic (exact) mass is 325 g/mol. The molecule has 0 atom stereocenters. The van der Waals surface area contributed by atoms with Crippen LogP contribution >= 0.6 is 11.6 Å². The first-order valence-corrected chi connectivity index (χ1v) is 7.22. The molecule has 0 spiro atoms. The zero-order valence-electron chi connectivity index (χ0n) is 12.6. The van der Waals surface area contributed by atoms with Gasteiger partial charge < -0.3 is 9.84 Å². The number of amides is 1. The fourth-order valence-corrected chi connectivity index (χ4v) is 1.87. The second-order valence-electron chi connectivity index (χ2n) is 5.91. The van der Waals surface area contributed by atoms with Crippen molar-refractivity contribution in [3.63, 3.8) is 0 Å². The minimum Gasteiger partial charge on any atom is -0.339 e. The number of carbonyl (C=O) groups is 1. The molecule has 1 aromatic carbocycles. The van der Waals surface area contributed by atoms with Gasteiger partial charge >= 0.3 is 0 Å². The number of hydrogen-bond acceptors (Lipinski definition) is 4. The number of hydrogen-bond donors (Lipinski definition) is 1. The lowest BCUT2D eigenvalue weighted by Gasteiger charge is -2.10. The number of rotatable bonds is 4. The molecule has 1 N–H and O–H groups in total. The van der Waals surface area contributed by atoms with E-state index in [2.05, 4.69) is 15.5 Å². The third-order valence-electron chi connectivity index (χ3n) is 2.93. The molecule has 1 heterocycles. The number of aryl methyl sites for hydroxylation is 1. The van der Waals surface area contributed by atoms with Crippen LogP contribution in [-0.2, 0) is 16.6 Å². The number of nitrogens with one attached hydrogen (secondary N) is 1. The SMILES string of the molecule is CC(C)(C)c1noc(CCC(=O)Nc2cccc(Cl)c2F)n1. The van der Waals surface area contributed by atoms with E-state index in [-0.39, 0.29) is 34.9 Å². The van der Waals surface area contributed by atoms with Gasteiger partial charge in [-0.15, -0.1) is 0 Å². The van der Waals surface area contributed by atoms with Crippen LogP contribution < -0.4 is 5.32 Å². The highest BCUT2D eigenvalue weighted by Gasteiger charge is 2.21. The topological polar surface area (TPSA) is 68.0 Å². The molecule has 0 radical (unpaired) electrons. The second-order valence-corrected chi connectivity index (χ2v) is 6.32. The maximum atomic E-state index is 13.7. The summed E-state index contributed by atoms with van der Waals surface area (Å²) in [6.07, 6.45) is 0.398. The number of benzene rings is 1. The molecule has 0 aliphatic carbocycles. The fraction of sp³-hybridized carbons (Fsp3) is 0.400. The Balaban J connectivity index is 1.93. The number of nitrogens with zero attached hydrogens (tertiary/aromatic N) is 2. The third kappa shape index (κ3) is 4.04. The average Bonchev–Trinajstić information content (AvgIpc) is 2.91. The first kappa shape index (κ1) is 16.4. The van der Waals surface area contributed by atoms with Gasteiger partial charge in [0.05, 0.1) is 10.7 Å². The van der Waals surface area contributed by atoms with Crippen LogP contribution in [0, 0.1) is 5.82 Å². The molecule has 0 unspecified atom stereocenters. The molecule has 22 heavy (non-hydrogen) atoms. The minimum absolute atomic E-state index is 0.0375. The molecule has 0 aliphatic rings. The average molecular weight is 326 g/mol. The van der Waals surface area contributed by atoms with E-state index < -0.39 is 5.82 Å². The zero-order valence-corrected chi connectivity index (χ0v) is 13.4. The van der Waals surface area contributed by atoms with Gasteiger partial charge in [0.2, 0.25) is 11.8 Å². The quantitative estimate of drug-likeness (QED) is 0.930. The van der Waals surface area contributed by atoms with Crippen LogP contribution in [0.15, 0.2) is 22.7 Å². The number of carbonyl (C=O) groups excluding carboxylic acids is 1. The summed E-state index contributed by atoms with van der Waals surface area (Å²) in [5, 5.41) is 6.31. The van der Waals surface area contributed by atoms with Gasteiger partial charge in [-0.2, -0.15) is 4.98 Å². The molecule has 0 saturated heterocycles. The van der Waals surface area contributed by atoms with Crippen LogP contribution in [0.3, 0.4) is 0 Å². The van der Waals surface area contributed by atoms with E-state index in [4.69, 9.17) is 16.1 Å². The Morgan fingerprint density at radius 3 is 2.77 bits per heavy atom. The molecule has 0 aliphatic heterocycles. The summed E-state index contributed by atoms with van der Waals surface area (Å²) in [7, 11) is 0. The second kappa shape index (κ2) is 6.44. The molecule has 2 rings (SSSR count). The van der Waals surface area contributed by atoms with Crippen molar-refractivity contribution >= 4 is 23.2 Å². The highest BCUT2D eigenvalue weighted by atomic mass is 35.5. The summed E-state index contributed by atoms with van der Waals surface area (Å²) in [6.45, 7) is 5.91. The van der Waals surface area contributed by atoms with Crippen LogP contribution in [-0.4, -0.2) is 16.0 Å². The molecule has 2 aromatic rings. The van der Waals surface area contributed by atoms with Crippen LogP contribution in [0.4, 0.5) is 10.1 Å². The summed E-state index contributed by atoms with van der Waals surface area (Å²) < 4.78 is 18.8. The van der Waals surface area contributed by atoms with E-state index in [1.165, 1.54) is 12.1 Å². The van der Waals surface area contributed by atoms with E-state index >= 15 is 0 Å². The predicted molar refractivity (Wildman–Crippen MR) is 81.4 cm³/mol. The van der Waals surface area contributed by atoms with E-state index in [0.717, 1.165) is 0 Å². The van der Waals surface area contributed by atoms with Gasteiger partial charge in [-0.25, -0.2) is 4.39 Å². The minimum atomic E-state index is -0.648. The van der Waals surface area contributed by atoms with Crippen LogP contribution in [0.25, 0.3) is 0 Å². The zero-order chi connectivity index (χ0) is 16.3. The molecular formula is C15H17ClFN3O2. The maximum Gasteiger partial charge on any atom is 0.227 e. The molecular weight excluding hydrogens is 309 g/mol. The van der Waals surface area contributed by atoms with Crippen molar-refractivity contribution in [1.82, 2.24) is 10.1 Å². The molecule has 0 saturated carbocycles. The van der Waals surface area contributed by atoms with Gasteiger partial charge in [-0.05, 0) is 12.1 Å². The lowest BCUT2D eigenvalue weighted by molar-refractivity contribution is -0.116. The van der Waals surface area contributed by atoms with Crippen molar-refractivity contribution in [2.45, 2.75) is 39.0 Å². The lowest BCUT2D eigenvalue weighted by Crippen LogP contribution is -2.14. The van der Waals surface area contributed by atoms with Crippen LogP contribution in [0.5, 0.6) is 0 Å². The molecule has 7 heteroatoms. The molecule has 0 bridgehead atoms. The van der Waals surface area contributed by atoms with E-state index in [0.29, 0.717) is 11.7 Å². The summed E-state index contributed by atoms with van der Waals surface area (Å²) in [6, 6.07) is 4.43. The van der Waals surface area contributed by atoms with Crippen molar-refractivity contribution in [2.75, 3.05) is 5.32 Å². The predicted octanol–water partition coefficient (Wildman–Crippen LogP) is 3.73. The van der Waals surface area contributed by atoms with Crippen molar-refractivity contribution in [3.8, 4) is 0 Å². The maximum absolute atomic E-state index is 13.7. The number of anilines is 1. The summed E-state index contributed by atoms with van der Waals surface area (Å²) in [4.78, 5) is 16.1. The van der Waals surface area contributed by atoms with Crippen molar-refractivity contribution in [1.29, 1.82) is 0 Å². The normalized spacial score (nSPS) is 11.5. The third-order valence-corrected chi connectivity index (χ3v) is 3.22. The van der Waals surface area contributed by atoms with Crippen molar-refractivity contribution < 1.29 is 13.7 Å². The first-order chi connectivity index (χ1) is 10.3. The molecule has 1 aromatic heterocycles. The van der Waals surface area contributed by atoms with Crippen molar-refractivity contribution in [3.05, 3.63) is 40.8 Å². The standard InChI is InChI=1S/C15H17ClFN3O2/c1-15(2,3)14-19-12(22-20-14)8-7-11(21)18-10-6-4-5-9(16)13(10)17/h4-6H,7-8H2,1-3H3,(H,18,21). The lowest BCUT2D eigenvalue weighted by atomic mass is 9.96. The number of halogens is 2. The van der Waals surface area contributed by atoms with Gasteiger partial charge in [-0.3, -0.25) is 4.79 Å². The fourth-order valence-electron chi connectivity index (χ4n) is 1.69. The first-order valence-electron chi connectivity index (χ1n) is 6.84. The van der Waals surface area contributed by atoms with Gasteiger partial charge in [0.1, 0.15) is 0 Å². The molecule has 0 fully saturated rings. The van der Waals surface area contributed by atoms with Crippen molar-refractivity contribution in [2.24, 2.45) is 0 Å². The Bertz CT molecular complexity index is 680. The van der Waals surface area contributed by atoms with E-state index in [1.54, 1.807) is 6.07 Å². The summed E-state index contributed by atoms with van der Waals surface area (Å²) >= 11 is 5.66. The van der Waals surface area contributed by atoms with Crippen LogP contribution in [0.2, 0.25) is 5.02 Å². The van der Waals surface area contributed by atoms with Gasteiger partial charge in [0.25, 0.3) is 0 Å². The molecule has 1 amide bonds. The molecule has 5 nitrogen and oxygen atoms in total. The molecule has 118 valence electrons. The van der Waals surface area contributed by atoms with Gasteiger partial charge in [0, 0.05) is 18.3 Å². The highest BCUT2D eigenvalue weighted by Crippen LogP contribution is 2.22. The van der Waals surface area contributed by atoms with Gasteiger partial charge in [-0.1, -0.05) is 43.6 Å². The van der Waals surface area contributed by atoms with E-state index in [1.807, 2.05) is 20.8 Å². The Labute approximate surface area is 132 Å². The highest BCUT2D eigenvalue weighted by molar-refractivity contribution is 6.31. The smallest absolute Gasteiger partial charge is 0.227 e. The largest absolute Gasteiger partial charge is 0.339 e. The Hall–Kier alpha value is -1.95. The Kier molecular flexibility index (Phi) is 4.81. The van der Waals surface area contributed by atoms with E-state index in [9.17, 15) is 9.18 Å². The van der Waals surface area contributed by atoms with Crippen LogP contribution in [0.1, 0.15) is 38.9 Å². The van der Waals surface area contributed by atoms with Gasteiger partial charge in [0.15, 0.2) is 11.6 Å².